The molecule has 0 saturated carbocycles. The van der Waals surface area contributed by atoms with Gasteiger partial charge in [-0.15, -0.1) is 0 Å². The van der Waals surface area contributed by atoms with Crippen LogP contribution in [-0.4, -0.2) is 27.8 Å². The number of ketones is 1. The Labute approximate surface area is 114 Å². The molecule has 0 aromatic carbocycles. The molecule has 5 nitrogen and oxygen atoms in total. The number of nitrogens with zero attached hydrogens (tertiary/aromatic N) is 3. The zero-order valence-corrected chi connectivity index (χ0v) is 10.6. The quantitative estimate of drug-likeness (QED) is 0.527. The van der Waals surface area contributed by atoms with Gasteiger partial charge in [0.15, 0.2) is 0 Å². The van der Waals surface area contributed by atoms with Crippen LogP contribution in [0, 0.1) is 0 Å². The van der Waals surface area contributed by atoms with Crippen LogP contribution in [0.15, 0.2) is 36.8 Å². The van der Waals surface area contributed by atoms with E-state index in [9.17, 15) is 4.79 Å². The van der Waals surface area contributed by atoms with Crippen LogP contribution in [-0.2, 0) is 0 Å². The van der Waals surface area contributed by atoms with E-state index in [0.717, 1.165) is 16.5 Å². The van der Waals surface area contributed by atoms with E-state index in [1.54, 1.807) is 25.6 Å². The van der Waals surface area contributed by atoms with E-state index in [1.807, 2.05) is 12.1 Å². The molecule has 0 atom stereocenters. The summed E-state index contributed by atoms with van der Waals surface area (Å²) in [5.41, 5.74) is 2.21. The zero-order valence-electron chi connectivity index (χ0n) is 10.6. The fraction of sp³-hybridized carbons (Fsp3) is 0.0667. The number of hydrogen-bond acceptors (Lipinski definition) is 5. The lowest BCUT2D eigenvalue weighted by Gasteiger charge is -2.17. The van der Waals surface area contributed by atoms with Crippen LogP contribution < -0.4 is 4.74 Å². The van der Waals surface area contributed by atoms with E-state index in [0.29, 0.717) is 22.7 Å². The maximum Gasteiger partial charge on any atom is 0.231 e. The summed E-state index contributed by atoms with van der Waals surface area (Å²) in [6.45, 7) is 0. The fourth-order valence-corrected chi connectivity index (χ4v) is 2.53. The highest BCUT2D eigenvalue weighted by Gasteiger charge is 2.28. The topological polar surface area (TPSA) is 65.0 Å². The highest BCUT2D eigenvalue weighted by molar-refractivity contribution is 6.23. The highest BCUT2D eigenvalue weighted by Crippen LogP contribution is 2.37. The molecule has 20 heavy (non-hydrogen) atoms. The number of rotatable bonds is 1. The Hall–Kier alpha value is -2.82. The zero-order chi connectivity index (χ0) is 13.7. The Morgan fingerprint density at radius 2 is 1.75 bits per heavy atom. The minimum atomic E-state index is -0.172. The monoisotopic (exact) mass is 263 g/mol. The predicted molar refractivity (Wildman–Crippen MR) is 72.8 cm³/mol. The fourth-order valence-electron chi connectivity index (χ4n) is 2.53. The van der Waals surface area contributed by atoms with Crippen LogP contribution in [0.3, 0.4) is 0 Å². The molecule has 0 unspecified atom stereocenters. The lowest BCUT2D eigenvalue weighted by Crippen LogP contribution is -2.14. The van der Waals surface area contributed by atoms with E-state index in [2.05, 4.69) is 15.0 Å². The van der Waals surface area contributed by atoms with Gasteiger partial charge >= 0.3 is 0 Å². The lowest BCUT2D eigenvalue weighted by atomic mass is 9.92. The van der Waals surface area contributed by atoms with Crippen molar-refractivity contribution in [1.82, 2.24) is 15.0 Å². The number of pyridine rings is 3. The van der Waals surface area contributed by atoms with Crippen molar-refractivity contribution in [2.24, 2.45) is 0 Å². The second-order valence-corrected chi connectivity index (χ2v) is 4.52. The summed E-state index contributed by atoms with van der Waals surface area (Å²) in [6.07, 6.45) is 4.89. The largest absolute Gasteiger partial charge is 0.495 e. The molecule has 4 rings (SSSR count). The van der Waals surface area contributed by atoms with Gasteiger partial charge in [-0.25, -0.2) is 4.98 Å². The second kappa shape index (κ2) is 3.84. The first-order chi connectivity index (χ1) is 9.79. The van der Waals surface area contributed by atoms with E-state index in [4.69, 9.17) is 4.74 Å². The molecular weight excluding hydrogens is 254 g/mol. The SMILES string of the molecule is COc1cnc2c(c1)-c1nccc3ccnc(c13)C2=O. The van der Waals surface area contributed by atoms with E-state index < -0.39 is 0 Å². The van der Waals surface area contributed by atoms with Gasteiger partial charge in [-0.2, -0.15) is 0 Å². The van der Waals surface area contributed by atoms with Gasteiger partial charge in [-0.1, -0.05) is 0 Å². The first-order valence-corrected chi connectivity index (χ1v) is 6.12. The molecule has 1 aliphatic carbocycles. The molecule has 1 aliphatic rings. The minimum Gasteiger partial charge on any atom is -0.495 e. The highest BCUT2D eigenvalue weighted by atomic mass is 16.5. The third kappa shape index (κ3) is 1.31. The first-order valence-electron chi connectivity index (χ1n) is 6.12. The van der Waals surface area contributed by atoms with Gasteiger partial charge in [-0.05, 0) is 23.6 Å². The number of fused-ring (bicyclic) bond motifs is 2. The number of carbonyl (C=O) groups excluding carboxylic acids is 1. The van der Waals surface area contributed by atoms with Crippen LogP contribution in [0.2, 0.25) is 0 Å². The molecule has 0 bridgehead atoms. The normalized spacial score (nSPS) is 12.3. The summed E-state index contributed by atoms with van der Waals surface area (Å²) in [6, 6.07) is 5.53. The molecule has 3 aromatic heterocycles. The van der Waals surface area contributed by atoms with Gasteiger partial charge < -0.3 is 4.74 Å². The third-order valence-corrected chi connectivity index (χ3v) is 3.46. The predicted octanol–water partition coefficient (Wildman–Crippen LogP) is 2.24. The van der Waals surface area contributed by atoms with Crippen LogP contribution in [0.4, 0.5) is 0 Å². The van der Waals surface area contributed by atoms with Crippen molar-refractivity contribution in [3.8, 4) is 17.0 Å². The minimum absolute atomic E-state index is 0.172. The average molecular weight is 263 g/mol. The van der Waals surface area contributed by atoms with Crippen molar-refractivity contribution in [1.29, 1.82) is 0 Å². The number of aromatic nitrogens is 3. The summed E-state index contributed by atoms with van der Waals surface area (Å²) in [7, 11) is 1.57. The van der Waals surface area contributed by atoms with Gasteiger partial charge in [0.1, 0.15) is 17.1 Å². The number of methoxy groups -OCH3 is 1. The molecule has 3 aromatic rings. The molecular formula is C15H9N3O2. The Balaban J connectivity index is 2.18. The van der Waals surface area contributed by atoms with Crippen molar-refractivity contribution in [2.45, 2.75) is 0 Å². The summed E-state index contributed by atoms with van der Waals surface area (Å²) in [5.74, 6) is 0.427. The molecule has 0 N–H and O–H groups in total. The Morgan fingerprint density at radius 1 is 1.00 bits per heavy atom. The molecule has 0 spiro atoms. The van der Waals surface area contributed by atoms with E-state index >= 15 is 0 Å². The molecule has 96 valence electrons. The van der Waals surface area contributed by atoms with Gasteiger partial charge in [0.05, 0.1) is 19.0 Å². The first kappa shape index (κ1) is 11.0. The second-order valence-electron chi connectivity index (χ2n) is 4.52. The standard InChI is InChI=1S/C15H9N3O2/c1-20-9-6-10-12-11-8(2-4-16-12)3-5-17-14(11)15(19)13(10)18-7-9/h2-7H,1H3. The maximum absolute atomic E-state index is 12.5. The number of ether oxygens (including phenoxy) is 1. The molecule has 0 radical (unpaired) electrons. The van der Waals surface area contributed by atoms with Crippen molar-refractivity contribution in [3.05, 3.63) is 48.2 Å². The molecule has 0 fully saturated rings. The van der Waals surface area contributed by atoms with Crippen molar-refractivity contribution in [3.63, 3.8) is 0 Å². The smallest absolute Gasteiger partial charge is 0.231 e. The lowest BCUT2D eigenvalue weighted by molar-refractivity contribution is 0.103. The van der Waals surface area contributed by atoms with Crippen LogP contribution in [0.5, 0.6) is 5.75 Å². The van der Waals surface area contributed by atoms with Gasteiger partial charge in [0.2, 0.25) is 5.78 Å². The summed E-state index contributed by atoms with van der Waals surface area (Å²) in [4.78, 5) is 25.3. The Morgan fingerprint density at radius 3 is 2.50 bits per heavy atom. The van der Waals surface area contributed by atoms with E-state index in [-0.39, 0.29) is 5.78 Å². The van der Waals surface area contributed by atoms with Gasteiger partial charge in [-0.3, -0.25) is 14.8 Å². The summed E-state index contributed by atoms with van der Waals surface area (Å²) < 4.78 is 5.18. The van der Waals surface area contributed by atoms with Crippen molar-refractivity contribution in [2.75, 3.05) is 7.11 Å². The molecule has 5 heteroatoms. The van der Waals surface area contributed by atoms with E-state index in [1.165, 1.54) is 6.20 Å². The molecule has 3 heterocycles. The summed E-state index contributed by atoms with van der Waals surface area (Å²) >= 11 is 0. The Bertz CT molecular complexity index is 869. The average Bonchev–Trinajstić information content (AvgIpc) is 2.51. The maximum atomic E-state index is 12.5. The molecule has 0 aliphatic heterocycles. The van der Waals surface area contributed by atoms with Crippen molar-refractivity contribution < 1.29 is 9.53 Å². The van der Waals surface area contributed by atoms with Crippen molar-refractivity contribution >= 4 is 16.6 Å². The molecule has 0 saturated heterocycles. The van der Waals surface area contributed by atoms with Crippen LogP contribution in [0.1, 0.15) is 16.2 Å². The number of hydrogen-bond donors (Lipinski definition) is 0. The van der Waals surface area contributed by atoms with Crippen LogP contribution in [0.25, 0.3) is 22.0 Å². The van der Waals surface area contributed by atoms with Crippen LogP contribution >= 0.6 is 0 Å². The third-order valence-electron chi connectivity index (χ3n) is 3.46. The number of carbonyl (C=O) groups is 1. The van der Waals surface area contributed by atoms with Gasteiger partial charge in [0.25, 0.3) is 0 Å². The van der Waals surface area contributed by atoms with Gasteiger partial charge in [0, 0.05) is 23.3 Å². The molecule has 0 amide bonds. The summed E-state index contributed by atoms with van der Waals surface area (Å²) in [5, 5.41) is 1.73. The Kier molecular flexibility index (Phi) is 2.12.